The second-order valence-electron chi connectivity index (χ2n) is 4.82. The van der Waals surface area contributed by atoms with Gasteiger partial charge in [0.25, 0.3) is 0 Å². The van der Waals surface area contributed by atoms with E-state index in [4.69, 9.17) is 9.47 Å². The fourth-order valence-corrected chi connectivity index (χ4v) is 1.37. The fraction of sp³-hybridized carbons (Fsp3) is 0.615. The minimum absolute atomic E-state index is 0.119. The predicted molar refractivity (Wildman–Crippen MR) is 68.2 cm³/mol. The number of aromatic nitrogens is 1. The van der Waals surface area contributed by atoms with Crippen molar-refractivity contribution < 1.29 is 9.47 Å². The van der Waals surface area contributed by atoms with E-state index in [1.807, 2.05) is 33.9 Å². The molecule has 1 rings (SSSR count). The maximum atomic E-state index is 5.66. The van der Waals surface area contributed by atoms with Crippen molar-refractivity contribution in [2.75, 3.05) is 20.3 Å². The smallest absolute Gasteiger partial charge is 0.142 e. The van der Waals surface area contributed by atoms with Gasteiger partial charge in [0.05, 0.1) is 18.4 Å². The molecule has 0 aromatic carbocycles. The molecule has 17 heavy (non-hydrogen) atoms. The highest BCUT2D eigenvalue weighted by molar-refractivity contribution is 5.29. The summed E-state index contributed by atoms with van der Waals surface area (Å²) in [5.74, 6) is 0.819. The Morgan fingerprint density at radius 3 is 2.71 bits per heavy atom. The fourth-order valence-electron chi connectivity index (χ4n) is 1.37. The van der Waals surface area contributed by atoms with Crippen LogP contribution in [0.25, 0.3) is 0 Å². The molecule has 0 aliphatic rings. The van der Waals surface area contributed by atoms with Crippen molar-refractivity contribution in [2.24, 2.45) is 0 Å². The first-order valence-electron chi connectivity index (χ1n) is 5.87. The normalized spacial score (nSPS) is 11.5. The number of hydrogen-bond acceptors (Lipinski definition) is 4. The lowest BCUT2D eigenvalue weighted by molar-refractivity contribution is -0.0164. The molecule has 1 N–H and O–H groups in total. The summed E-state index contributed by atoms with van der Waals surface area (Å²) >= 11 is 0. The summed E-state index contributed by atoms with van der Waals surface area (Å²) < 4.78 is 11.2. The Kier molecular flexibility index (Phi) is 5.38. The molecule has 1 aromatic heterocycles. The first-order valence-corrected chi connectivity index (χ1v) is 5.87. The van der Waals surface area contributed by atoms with Crippen molar-refractivity contribution in [3.05, 3.63) is 24.0 Å². The number of ether oxygens (including phenoxy) is 2. The molecule has 0 aliphatic heterocycles. The maximum Gasteiger partial charge on any atom is 0.142 e. The molecule has 0 atom stereocenters. The number of nitrogens with zero attached hydrogens (tertiary/aromatic N) is 1. The molecule has 0 saturated carbocycles. The Bertz CT molecular complexity index is 334. The van der Waals surface area contributed by atoms with Crippen LogP contribution in [-0.4, -0.2) is 30.8 Å². The lowest BCUT2D eigenvalue weighted by Crippen LogP contribution is -2.22. The van der Waals surface area contributed by atoms with Gasteiger partial charge in [0, 0.05) is 18.3 Å². The largest absolute Gasteiger partial charge is 0.489 e. The monoisotopic (exact) mass is 238 g/mol. The van der Waals surface area contributed by atoms with Crippen molar-refractivity contribution >= 4 is 0 Å². The first kappa shape index (κ1) is 13.9. The molecule has 1 heterocycles. The van der Waals surface area contributed by atoms with Crippen molar-refractivity contribution in [2.45, 2.75) is 32.9 Å². The number of pyridine rings is 1. The summed E-state index contributed by atoms with van der Waals surface area (Å²) in [5.41, 5.74) is 0.991. The molecule has 0 fully saturated rings. The molecular weight excluding hydrogens is 216 g/mol. The molecule has 96 valence electrons. The molecular formula is C13H22N2O2. The van der Waals surface area contributed by atoms with Crippen molar-refractivity contribution in [3.63, 3.8) is 0 Å². The highest BCUT2D eigenvalue weighted by Crippen LogP contribution is 2.16. The first-order chi connectivity index (χ1) is 8.03. The molecule has 0 saturated heterocycles. The summed E-state index contributed by atoms with van der Waals surface area (Å²) in [5, 5.41) is 3.10. The number of hydrogen-bond donors (Lipinski definition) is 1. The maximum absolute atomic E-state index is 5.66. The van der Waals surface area contributed by atoms with Crippen molar-refractivity contribution in [1.82, 2.24) is 10.3 Å². The SMILES string of the molecule is CNCc1ccncc1OCCOC(C)(C)C. The van der Waals surface area contributed by atoms with Crippen LogP contribution in [0.2, 0.25) is 0 Å². The summed E-state index contributed by atoms with van der Waals surface area (Å²) in [6.07, 6.45) is 3.51. The van der Waals surface area contributed by atoms with E-state index in [2.05, 4.69) is 10.3 Å². The number of nitrogens with one attached hydrogen (secondary N) is 1. The van der Waals surface area contributed by atoms with E-state index in [0.717, 1.165) is 17.9 Å². The van der Waals surface area contributed by atoms with E-state index in [1.54, 1.807) is 12.4 Å². The lowest BCUT2D eigenvalue weighted by atomic mass is 10.2. The van der Waals surface area contributed by atoms with E-state index >= 15 is 0 Å². The van der Waals surface area contributed by atoms with Gasteiger partial charge in [-0.15, -0.1) is 0 Å². The second kappa shape index (κ2) is 6.57. The van der Waals surface area contributed by atoms with Gasteiger partial charge < -0.3 is 14.8 Å². The van der Waals surface area contributed by atoms with Crippen LogP contribution in [0.5, 0.6) is 5.75 Å². The third kappa shape index (κ3) is 5.65. The summed E-state index contributed by atoms with van der Waals surface area (Å²) in [4.78, 5) is 4.06. The average molecular weight is 238 g/mol. The van der Waals surface area contributed by atoms with Gasteiger partial charge in [-0.1, -0.05) is 0 Å². The molecule has 4 nitrogen and oxygen atoms in total. The zero-order valence-electron chi connectivity index (χ0n) is 11.1. The van der Waals surface area contributed by atoms with Crippen LogP contribution in [0.1, 0.15) is 26.3 Å². The van der Waals surface area contributed by atoms with E-state index < -0.39 is 0 Å². The van der Waals surface area contributed by atoms with Crippen LogP contribution in [0.15, 0.2) is 18.5 Å². The van der Waals surface area contributed by atoms with Gasteiger partial charge in [0.1, 0.15) is 12.4 Å². The van der Waals surface area contributed by atoms with E-state index in [0.29, 0.717) is 13.2 Å². The summed E-state index contributed by atoms with van der Waals surface area (Å²) in [6, 6.07) is 1.95. The van der Waals surface area contributed by atoms with Crippen molar-refractivity contribution in [1.29, 1.82) is 0 Å². The third-order valence-corrected chi connectivity index (χ3v) is 2.11. The highest BCUT2D eigenvalue weighted by atomic mass is 16.5. The molecule has 4 heteroatoms. The topological polar surface area (TPSA) is 43.4 Å². The van der Waals surface area contributed by atoms with Crippen LogP contribution >= 0.6 is 0 Å². The second-order valence-corrected chi connectivity index (χ2v) is 4.82. The van der Waals surface area contributed by atoms with Gasteiger partial charge in [-0.2, -0.15) is 0 Å². The summed E-state index contributed by atoms with van der Waals surface area (Å²) in [7, 11) is 1.91. The lowest BCUT2D eigenvalue weighted by Gasteiger charge is -2.19. The minimum atomic E-state index is -0.119. The van der Waals surface area contributed by atoms with E-state index in [1.165, 1.54) is 0 Å². The van der Waals surface area contributed by atoms with Gasteiger partial charge in [0.2, 0.25) is 0 Å². The molecule has 0 aliphatic carbocycles. The standard InChI is InChI=1S/C13H22N2O2/c1-13(2,3)17-8-7-16-12-10-15-6-5-11(12)9-14-4/h5-6,10,14H,7-9H2,1-4H3. The Labute approximate surface area is 103 Å². The van der Waals surface area contributed by atoms with Gasteiger partial charge in [-0.05, 0) is 33.9 Å². The quantitative estimate of drug-likeness (QED) is 0.770. The summed E-state index contributed by atoms with van der Waals surface area (Å²) in [6.45, 7) is 7.99. The van der Waals surface area contributed by atoms with Crippen molar-refractivity contribution in [3.8, 4) is 5.75 Å². The predicted octanol–water partition coefficient (Wildman–Crippen LogP) is 1.99. The zero-order valence-corrected chi connectivity index (χ0v) is 11.1. The van der Waals surface area contributed by atoms with Crippen LogP contribution in [0.4, 0.5) is 0 Å². The van der Waals surface area contributed by atoms with Gasteiger partial charge in [0.15, 0.2) is 0 Å². The number of rotatable bonds is 6. The van der Waals surface area contributed by atoms with E-state index in [-0.39, 0.29) is 5.60 Å². The zero-order chi connectivity index (χ0) is 12.7. The van der Waals surface area contributed by atoms with E-state index in [9.17, 15) is 0 Å². The van der Waals surface area contributed by atoms with Crippen LogP contribution in [-0.2, 0) is 11.3 Å². The Morgan fingerprint density at radius 2 is 2.06 bits per heavy atom. The molecule has 1 aromatic rings. The minimum Gasteiger partial charge on any atom is -0.489 e. The third-order valence-electron chi connectivity index (χ3n) is 2.11. The van der Waals surface area contributed by atoms with Gasteiger partial charge >= 0.3 is 0 Å². The van der Waals surface area contributed by atoms with Gasteiger partial charge in [-0.25, -0.2) is 0 Å². The van der Waals surface area contributed by atoms with Crippen LogP contribution in [0, 0.1) is 0 Å². The van der Waals surface area contributed by atoms with Crippen LogP contribution < -0.4 is 10.1 Å². The molecule has 0 radical (unpaired) electrons. The Balaban J connectivity index is 2.41. The Morgan fingerprint density at radius 1 is 1.29 bits per heavy atom. The Hall–Kier alpha value is -1.13. The van der Waals surface area contributed by atoms with Gasteiger partial charge in [-0.3, -0.25) is 4.98 Å². The van der Waals surface area contributed by atoms with Crippen LogP contribution in [0.3, 0.4) is 0 Å². The molecule has 0 spiro atoms. The molecule has 0 amide bonds. The highest BCUT2D eigenvalue weighted by Gasteiger charge is 2.09. The molecule has 0 unspecified atom stereocenters. The average Bonchev–Trinajstić information content (AvgIpc) is 2.25. The molecule has 0 bridgehead atoms.